The van der Waals surface area contributed by atoms with Gasteiger partial charge >= 0.3 is 0 Å². The second-order valence-corrected chi connectivity index (χ2v) is 6.65. The Labute approximate surface area is 150 Å². The topological polar surface area (TPSA) is 59.2 Å². The molecule has 1 aromatic heterocycles. The molecule has 2 aromatic carbocycles. The number of anilines is 1. The molecule has 2 heterocycles. The lowest BCUT2D eigenvalue weighted by Gasteiger charge is -2.16. The van der Waals surface area contributed by atoms with Crippen molar-refractivity contribution in [2.75, 3.05) is 11.4 Å². The zero-order valence-corrected chi connectivity index (χ0v) is 14.4. The van der Waals surface area contributed by atoms with Crippen molar-refractivity contribution in [3.63, 3.8) is 0 Å². The zero-order chi connectivity index (χ0) is 17.4. The Kier molecular flexibility index (Phi) is 4.01. The molecule has 1 atom stereocenters. The van der Waals surface area contributed by atoms with E-state index in [0.717, 1.165) is 16.8 Å². The van der Waals surface area contributed by atoms with E-state index in [-0.39, 0.29) is 11.8 Å². The van der Waals surface area contributed by atoms with Crippen molar-refractivity contribution in [1.82, 2.24) is 10.1 Å². The first-order valence-electron chi connectivity index (χ1n) is 8.07. The first-order valence-corrected chi connectivity index (χ1v) is 8.44. The number of nitrogens with zero attached hydrogens (tertiary/aromatic N) is 3. The van der Waals surface area contributed by atoms with Crippen LogP contribution in [0.25, 0.3) is 11.5 Å². The molecule has 1 amide bonds. The molecule has 1 fully saturated rings. The molecule has 126 valence electrons. The summed E-state index contributed by atoms with van der Waals surface area (Å²) in [6.07, 6.45) is 0.370. The van der Waals surface area contributed by atoms with Crippen LogP contribution in [0.3, 0.4) is 0 Å². The van der Waals surface area contributed by atoms with Gasteiger partial charge in [-0.15, -0.1) is 0 Å². The number of hydrogen-bond acceptors (Lipinski definition) is 4. The van der Waals surface area contributed by atoms with Crippen LogP contribution in [0.5, 0.6) is 0 Å². The lowest BCUT2D eigenvalue weighted by molar-refractivity contribution is -0.117. The monoisotopic (exact) mass is 353 g/mol. The molecule has 1 aliphatic rings. The summed E-state index contributed by atoms with van der Waals surface area (Å²) < 4.78 is 5.40. The SMILES string of the molecule is Cc1cccc(-c2nc([C@@H]3CC(=O)N(c4ccc(Cl)cc4)C3)no2)c1. The maximum atomic E-state index is 12.4. The largest absolute Gasteiger partial charge is 0.334 e. The first-order chi connectivity index (χ1) is 12.1. The number of halogens is 1. The van der Waals surface area contributed by atoms with Gasteiger partial charge in [0.05, 0.1) is 0 Å². The number of carbonyl (C=O) groups excluding carboxylic acids is 1. The molecule has 0 spiro atoms. The second kappa shape index (κ2) is 6.33. The highest BCUT2D eigenvalue weighted by atomic mass is 35.5. The van der Waals surface area contributed by atoms with Gasteiger partial charge in [-0.25, -0.2) is 0 Å². The molecule has 0 radical (unpaired) electrons. The van der Waals surface area contributed by atoms with Gasteiger partial charge in [0, 0.05) is 35.2 Å². The summed E-state index contributed by atoms with van der Waals surface area (Å²) in [7, 11) is 0. The fourth-order valence-electron chi connectivity index (χ4n) is 3.05. The third kappa shape index (κ3) is 3.15. The van der Waals surface area contributed by atoms with Crippen molar-refractivity contribution in [2.45, 2.75) is 19.3 Å². The van der Waals surface area contributed by atoms with Crippen LogP contribution in [0.1, 0.15) is 23.7 Å². The average Bonchev–Trinajstić information content (AvgIpc) is 3.23. The van der Waals surface area contributed by atoms with Gasteiger partial charge in [0.1, 0.15) is 0 Å². The van der Waals surface area contributed by atoms with E-state index in [2.05, 4.69) is 10.1 Å². The van der Waals surface area contributed by atoms with Gasteiger partial charge < -0.3 is 9.42 Å². The minimum Gasteiger partial charge on any atom is -0.334 e. The lowest BCUT2D eigenvalue weighted by Crippen LogP contribution is -2.24. The molecule has 0 unspecified atom stereocenters. The molecule has 0 bridgehead atoms. The van der Waals surface area contributed by atoms with Crippen molar-refractivity contribution in [1.29, 1.82) is 0 Å². The van der Waals surface area contributed by atoms with Crippen LogP contribution in [0.2, 0.25) is 5.02 Å². The highest BCUT2D eigenvalue weighted by Crippen LogP contribution is 2.32. The number of carbonyl (C=O) groups is 1. The number of aromatic nitrogens is 2. The number of hydrogen-bond donors (Lipinski definition) is 0. The van der Waals surface area contributed by atoms with Crippen LogP contribution in [0.15, 0.2) is 53.1 Å². The average molecular weight is 354 g/mol. The van der Waals surface area contributed by atoms with E-state index < -0.39 is 0 Å². The van der Waals surface area contributed by atoms with Crippen LogP contribution >= 0.6 is 11.6 Å². The number of benzene rings is 2. The molecule has 1 aliphatic heterocycles. The predicted octanol–water partition coefficient (Wildman–Crippen LogP) is 4.22. The molecule has 3 aromatic rings. The van der Waals surface area contributed by atoms with Gasteiger partial charge in [0.15, 0.2) is 5.82 Å². The van der Waals surface area contributed by atoms with E-state index >= 15 is 0 Å². The highest BCUT2D eigenvalue weighted by Gasteiger charge is 2.34. The van der Waals surface area contributed by atoms with Crippen LogP contribution in [0, 0.1) is 6.92 Å². The van der Waals surface area contributed by atoms with Crippen LogP contribution in [-0.2, 0) is 4.79 Å². The minimum atomic E-state index is -0.0783. The van der Waals surface area contributed by atoms with Gasteiger partial charge in [-0.1, -0.05) is 34.5 Å². The summed E-state index contributed by atoms with van der Waals surface area (Å²) >= 11 is 5.92. The van der Waals surface area contributed by atoms with Crippen LogP contribution in [-0.4, -0.2) is 22.6 Å². The molecule has 4 rings (SSSR count). The maximum Gasteiger partial charge on any atom is 0.257 e. The normalized spacial score (nSPS) is 17.3. The molecular formula is C19H16ClN3O2. The Balaban J connectivity index is 1.55. The summed E-state index contributed by atoms with van der Waals surface area (Å²) in [5.41, 5.74) is 2.85. The summed E-state index contributed by atoms with van der Waals surface area (Å²) in [5.74, 6) is 1.03. The molecular weight excluding hydrogens is 338 g/mol. The zero-order valence-electron chi connectivity index (χ0n) is 13.6. The van der Waals surface area contributed by atoms with Gasteiger partial charge in [-0.2, -0.15) is 4.98 Å². The predicted molar refractivity (Wildman–Crippen MR) is 95.6 cm³/mol. The van der Waals surface area contributed by atoms with E-state index in [9.17, 15) is 4.79 Å². The van der Waals surface area contributed by atoms with Crippen LogP contribution in [0.4, 0.5) is 5.69 Å². The maximum absolute atomic E-state index is 12.4. The van der Waals surface area contributed by atoms with E-state index in [4.69, 9.17) is 16.1 Å². The Morgan fingerprint density at radius 1 is 1.20 bits per heavy atom. The third-order valence-corrected chi connectivity index (χ3v) is 4.59. The molecule has 1 saturated heterocycles. The second-order valence-electron chi connectivity index (χ2n) is 6.21. The Bertz CT molecular complexity index is 920. The summed E-state index contributed by atoms with van der Waals surface area (Å²) in [5, 5.41) is 4.74. The summed E-state index contributed by atoms with van der Waals surface area (Å²) in [6, 6.07) is 15.1. The molecule has 6 heteroatoms. The van der Waals surface area contributed by atoms with Crippen molar-refractivity contribution < 1.29 is 9.32 Å². The quantitative estimate of drug-likeness (QED) is 0.707. The standard InChI is InChI=1S/C19H16ClN3O2/c1-12-3-2-4-13(9-12)19-21-18(22-25-19)14-10-17(24)23(11-14)16-7-5-15(20)6-8-16/h2-9,14H,10-11H2,1H3/t14-/m1/s1. The number of amides is 1. The number of rotatable bonds is 3. The molecule has 5 nitrogen and oxygen atoms in total. The number of aryl methyl sites for hydroxylation is 1. The van der Waals surface area contributed by atoms with E-state index in [1.54, 1.807) is 17.0 Å². The molecule has 0 N–H and O–H groups in total. The Morgan fingerprint density at radius 2 is 2.00 bits per heavy atom. The molecule has 25 heavy (non-hydrogen) atoms. The van der Waals surface area contributed by atoms with Gasteiger partial charge in [-0.05, 0) is 43.3 Å². The van der Waals surface area contributed by atoms with E-state index in [0.29, 0.717) is 29.7 Å². The smallest absolute Gasteiger partial charge is 0.257 e. The van der Waals surface area contributed by atoms with E-state index in [1.165, 1.54) is 0 Å². The molecule has 0 aliphatic carbocycles. The fourth-order valence-corrected chi connectivity index (χ4v) is 3.17. The fraction of sp³-hybridized carbons (Fsp3) is 0.211. The van der Waals surface area contributed by atoms with Gasteiger partial charge in [0.2, 0.25) is 5.91 Å². The van der Waals surface area contributed by atoms with Crippen molar-refractivity contribution >= 4 is 23.2 Å². The Morgan fingerprint density at radius 3 is 2.76 bits per heavy atom. The third-order valence-electron chi connectivity index (χ3n) is 4.34. The summed E-state index contributed by atoms with van der Waals surface area (Å²) in [4.78, 5) is 18.6. The van der Waals surface area contributed by atoms with Gasteiger partial charge in [0.25, 0.3) is 5.89 Å². The van der Waals surface area contributed by atoms with Gasteiger partial charge in [-0.3, -0.25) is 4.79 Å². The van der Waals surface area contributed by atoms with Crippen LogP contribution < -0.4 is 4.90 Å². The van der Waals surface area contributed by atoms with E-state index in [1.807, 2.05) is 43.3 Å². The Hall–Kier alpha value is -2.66. The minimum absolute atomic E-state index is 0.0502. The highest BCUT2D eigenvalue weighted by molar-refractivity contribution is 6.30. The molecule has 0 saturated carbocycles. The first kappa shape index (κ1) is 15.8. The lowest BCUT2D eigenvalue weighted by atomic mass is 10.1. The summed E-state index contributed by atoms with van der Waals surface area (Å²) in [6.45, 7) is 2.55. The van der Waals surface area contributed by atoms with Crippen molar-refractivity contribution in [3.8, 4) is 11.5 Å². The van der Waals surface area contributed by atoms with Crippen molar-refractivity contribution in [3.05, 3.63) is 64.9 Å². The van der Waals surface area contributed by atoms with Crippen molar-refractivity contribution in [2.24, 2.45) is 0 Å².